The minimum absolute atomic E-state index is 0.313. The molecule has 1 fully saturated rings. The highest BCUT2D eigenvalue weighted by Crippen LogP contribution is 2.27. The number of hydrogen-bond donors (Lipinski definition) is 1. The lowest BCUT2D eigenvalue weighted by atomic mass is 9.87. The van der Waals surface area contributed by atoms with Gasteiger partial charge in [-0.2, -0.15) is 0 Å². The van der Waals surface area contributed by atoms with Gasteiger partial charge in [-0.25, -0.2) is 0 Å². The zero-order valence-electron chi connectivity index (χ0n) is 10.8. The van der Waals surface area contributed by atoms with Crippen molar-refractivity contribution in [1.29, 1.82) is 0 Å². The molecule has 0 spiro atoms. The van der Waals surface area contributed by atoms with Crippen LogP contribution in [-0.4, -0.2) is 31.6 Å². The van der Waals surface area contributed by atoms with Crippen molar-refractivity contribution in [1.82, 2.24) is 4.90 Å². The fourth-order valence-electron chi connectivity index (χ4n) is 2.67. The SMILES string of the molecule is CCC(C)(CN)CN(C)CC1CCCC1. The van der Waals surface area contributed by atoms with Crippen LogP contribution in [0.4, 0.5) is 0 Å². The average Bonchev–Trinajstić information content (AvgIpc) is 2.70. The van der Waals surface area contributed by atoms with Gasteiger partial charge in [0.1, 0.15) is 0 Å². The van der Waals surface area contributed by atoms with Crippen molar-refractivity contribution >= 4 is 0 Å². The van der Waals surface area contributed by atoms with Crippen molar-refractivity contribution in [3.63, 3.8) is 0 Å². The van der Waals surface area contributed by atoms with Crippen LogP contribution in [0.25, 0.3) is 0 Å². The third-order valence-electron chi connectivity index (χ3n) is 4.04. The molecular formula is C13H28N2. The van der Waals surface area contributed by atoms with E-state index in [4.69, 9.17) is 5.73 Å². The molecule has 1 aliphatic rings. The largest absolute Gasteiger partial charge is 0.330 e. The molecule has 90 valence electrons. The van der Waals surface area contributed by atoms with Crippen LogP contribution in [-0.2, 0) is 0 Å². The van der Waals surface area contributed by atoms with Gasteiger partial charge >= 0.3 is 0 Å². The monoisotopic (exact) mass is 212 g/mol. The summed E-state index contributed by atoms with van der Waals surface area (Å²) < 4.78 is 0. The molecule has 1 unspecified atom stereocenters. The van der Waals surface area contributed by atoms with Crippen molar-refractivity contribution in [3.8, 4) is 0 Å². The summed E-state index contributed by atoms with van der Waals surface area (Å²) in [5.74, 6) is 0.953. The lowest BCUT2D eigenvalue weighted by Gasteiger charge is -2.33. The zero-order chi connectivity index (χ0) is 11.3. The van der Waals surface area contributed by atoms with Gasteiger partial charge in [0, 0.05) is 13.1 Å². The topological polar surface area (TPSA) is 29.3 Å². The first kappa shape index (κ1) is 13.0. The molecule has 2 N–H and O–H groups in total. The number of rotatable bonds is 6. The second-order valence-corrected chi connectivity index (χ2v) is 5.72. The van der Waals surface area contributed by atoms with Gasteiger partial charge in [0.25, 0.3) is 0 Å². The van der Waals surface area contributed by atoms with Crippen LogP contribution in [0.3, 0.4) is 0 Å². The summed E-state index contributed by atoms with van der Waals surface area (Å²) in [5.41, 5.74) is 6.16. The Hall–Kier alpha value is -0.0800. The van der Waals surface area contributed by atoms with Crippen LogP contribution in [0, 0.1) is 11.3 Å². The molecule has 2 heteroatoms. The fraction of sp³-hybridized carbons (Fsp3) is 1.00. The van der Waals surface area contributed by atoms with Crippen molar-refractivity contribution < 1.29 is 0 Å². The molecular weight excluding hydrogens is 184 g/mol. The molecule has 0 aliphatic heterocycles. The second-order valence-electron chi connectivity index (χ2n) is 5.72. The predicted molar refractivity (Wildman–Crippen MR) is 66.9 cm³/mol. The molecule has 2 nitrogen and oxygen atoms in total. The van der Waals surface area contributed by atoms with Crippen molar-refractivity contribution in [2.45, 2.75) is 46.0 Å². The molecule has 0 aromatic heterocycles. The van der Waals surface area contributed by atoms with Gasteiger partial charge in [-0.1, -0.05) is 26.7 Å². The van der Waals surface area contributed by atoms with E-state index in [0.717, 1.165) is 19.0 Å². The summed E-state index contributed by atoms with van der Waals surface area (Å²) in [6.07, 6.45) is 6.95. The summed E-state index contributed by atoms with van der Waals surface area (Å²) in [6.45, 7) is 7.78. The molecule has 0 aromatic carbocycles. The molecule has 1 aliphatic carbocycles. The first-order chi connectivity index (χ1) is 7.09. The second kappa shape index (κ2) is 5.86. The maximum absolute atomic E-state index is 5.85. The Bertz CT molecular complexity index is 169. The molecule has 1 rings (SSSR count). The van der Waals surface area contributed by atoms with E-state index in [-0.39, 0.29) is 0 Å². The highest BCUT2D eigenvalue weighted by molar-refractivity contribution is 4.79. The van der Waals surface area contributed by atoms with Gasteiger partial charge < -0.3 is 10.6 Å². The molecule has 0 radical (unpaired) electrons. The summed E-state index contributed by atoms with van der Waals surface area (Å²) in [4.78, 5) is 2.49. The van der Waals surface area contributed by atoms with Crippen LogP contribution in [0.2, 0.25) is 0 Å². The van der Waals surface area contributed by atoms with Crippen molar-refractivity contribution in [3.05, 3.63) is 0 Å². The van der Waals surface area contributed by atoms with Gasteiger partial charge in [-0.05, 0) is 44.2 Å². The molecule has 0 bridgehead atoms. The van der Waals surface area contributed by atoms with Crippen molar-refractivity contribution in [2.24, 2.45) is 17.1 Å². The Balaban J connectivity index is 2.30. The lowest BCUT2D eigenvalue weighted by Crippen LogP contribution is -2.40. The number of nitrogens with zero attached hydrogens (tertiary/aromatic N) is 1. The van der Waals surface area contributed by atoms with Gasteiger partial charge in [-0.3, -0.25) is 0 Å². The van der Waals surface area contributed by atoms with Gasteiger partial charge in [0.2, 0.25) is 0 Å². The van der Waals surface area contributed by atoms with Crippen molar-refractivity contribution in [2.75, 3.05) is 26.7 Å². The summed E-state index contributed by atoms with van der Waals surface area (Å²) in [5, 5.41) is 0. The number of hydrogen-bond acceptors (Lipinski definition) is 2. The first-order valence-corrected chi connectivity index (χ1v) is 6.48. The third-order valence-corrected chi connectivity index (χ3v) is 4.04. The van der Waals surface area contributed by atoms with E-state index in [1.54, 1.807) is 0 Å². The third kappa shape index (κ3) is 4.12. The van der Waals surface area contributed by atoms with Gasteiger partial charge in [-0.15, -0.1) is 0 Å². The Morgan fingerprint density at radius 3 is 2.40 bits per heavy atom. The molecule has 0 aromatic rings. The van der Waals surface area contributed by atoms with Crippen LogP contribution < -0.4 is 5.73 Å². The molecule has 0 amide bonds. The quantitative estimate of drug-likeness (QED) is 0.733. The number of nitrogens with two attached hydrogens (primary N) is 1. The molecule has 0 heterocycles. The van der Waals surface area contributed by atoms with E-state index in [1.165, 1.54) is 38.6 Å². The van der Waals surface area contributed by atoms with E-state index in [2.05, 4.69) is 25.8 Å². The Morgan fingerprint density at radius 2 is 1.93 bits per heavy atom. The minimum atomic E-state index is 0.313. The zero-order valence-corrected chi connectivity index (χ0v) is 10.8. The Labute approximate surface area is 95.2 Å². The lowest BCUT2D eigenvalue weighted by molar-refractivity contribution is 0.172. The average molecular weight is 212 g/mol. The molecule has 15 heavy (non-hydrogen) atoms. The Kier molecular flexibility index (Phi) is 5.07. The van der Waals surface area contributed by atoms with E-state index in [1.807, 2.05) is 0 Å². The highest BCUT2D eigenvalue weighted by Gasteiger charge is 2.24. The first-order valence-electron chi connectivity index (χ1n) is 6.48. The minimum Gasteiger partial charge on any atom is -0.330 e. The fourth-order valence-corrected chi connectivity index (χ4v) is 2.67. The summed E-state index contributed by atoms with van der Waals surface area (Å²) in [7, 11) is 2.25. The highest BCUT2D eigenvalue weighted by atomic mass is 15.1. The predicted octanol–water partition coefficient (Wildman–Crippen LogP) is 2.48. The van der Waals surface area contributed by atoms with E-state index in [9.17, 15) is 0 Å². The standard InChI is InChI=1S/C13H28N2/c1-4-13(2,10-14)11-15(3)9-12-7-5-6-8-12/h12H,4-11,14H2,1-3H3. The van der Waals surface area contributed by atoms with Crippen LogP contribution >= 0.6 is 0 Å². The Morgan fingerprint density at radius 1 is 1.33 bits per heavy atom. The summed E-state index contributed by atoms with van der Waals surface area (Å²) in [6, 6.07) is 0. The van der Waals surface area contributed by atoms with E-state index in [0.29, 0.717) is 5.41 Å². The van der Waals surface area contributed by atoms with E-state index < -0.39 is 0 Å². The molecule has 1 saturated carbocycles. The van der Waals surface area contributed by atoms with Gasteiger partial charge in [0.15, 0.2) is 0 Å². The normalized spacial score (nSPS) is 22.2. The molecule has 0 saturated heterocycles. The smallest absolute Gasteiger partial charge is 0.00444 e. The molecule has 1 atom stereocenters. The summed E-state index contributed by atoms with van der Waals surface area (Å²) >= 11 is 0. The van der Waals surface area contributed by atoms with Gasteiger partial charge in [0.05, 0.1) is 0 Å². The van der Waals surface area contributed by atoms with Crippen LogP contribution in [0.5, 0.6) is 0 Å². The maximum Gasteiger partial charge on any atom is 0.00444 e. The van der Waals surface area contributed by atoms with Crippen LogP contribution in [0.15, 0.2) is 0 Å². The van der Waals surface area contributed by atoms with E-state index >= 15 is 0 Å². The van der Waals surface area contributed by atoms with Crippen LogP contribution in [0.1, 0.15) is 46.0 Å². The maximum atomic E-state index is 5.85.